The molecule has 1 unspecified atom stereocenters. The van der Waals surface area contributed by atoms with E-state index in [0.717, 1.165) is 21.2 Å². The molecule has 5 heteroatoms. The molecule has 1 heterocycles. The van der Waals surface area contributed by atoms with Crippen LogP contribution in [-0.2, 0) is 0 Å². The van der Waals surface area contributed by atoms with E-state index in [1.165, 1.54) is 5.06 Å². The molecule has 1 fully saturated rings. The largest absolute Gasteiger partial charge is 0.315 e. The number of rotatable bonds is 3. The Morgan fingerprint density at radius 1 is 0.889 bits per heavy atom. The molecule has 1 saturated heterocycles. The Balaban J connectivity index is 1.60. The van der Waals surface area contributed by atoms with Gasteiger partial charge in [0, 0.05) is 23.1 Å². The number of benzene rings is 3. The van der Waals surface area contributed by atoms with Crippen molar-refractivity contribution in [1.82, 2.24) is 9.96 Å². The summed E-state index contributed by atoms with van der Waals surface area (Å²) in [6.45, 7) is 0.901. The Kier molecular flexibility index (Phi) is 5.07. The van der Waals surface area contributed by atoms with E-state index in [1.54, 1.807) is 4.90 Å². The molecule has 3 aromatic carbocycles. The van der Waals surface area contributed by atoms with Crippen molar-refractivity contribution in [2.45, 2.75) is 6.17 Å². The molecule has 136 valence electrons. The smallest absolute Gasteiger partial charge is 0.255 e. The van der Waals surface area contributed by atoms with Crippen molar-refractivity contribution in [2.75, 3.05) is 13.1 Å². The zero-order valence-electron chi connectivity index (χ0n) is 14.6. The van der Waals surface area contributed by atoms with Gasteiger partial charge in [0.05, 0.1) is 0 Å². The summed E-state index contributed by atoms with van der Waals surface area (Å²) in [7, 11) is 0. The van der Waals surface area contributed by atoms with Gasteiger partial charge in [-0.15, -0.1) is 0 Å². The van der Waals surface area contributed by atoms with Crippen LogP contribution in [0.1, 0.15) is 22.1 Å². The van der Waals surface area contributed by atoms with Gasteiger partial charge < -0.3 is 10.1 Å². The second-order valence-corrected chi connectivity index (χ2v) is 7.45. The summed E-state index contributed by atoms with van der Waals surface area (Å²) in [5.41, 5.74) is 3.68. The van der Waals surface area contributed by atoms with Crippen LogP contribution >= 0.6 is 15.9 Å². The van der Waals surface area contributed by atoms with Crippen LogP contribution in [0, 0.1) is 0 Å². The number of carbonyl (C=O) groups excluding carboxylic acids is 1. The van der Waals surface area contributed by atoms with Crippen LogP contribution in [0.3, 0.4) is 0 Å². The molecule has 0 radical (unpaired) electrons. The van der Waals surface area contributed by atoms with Crippen LogP contribution < -0.4 is 0 Å². The van der Waals surface area contributed by atoms with Crippen LogP contribution in [0.4, 0.5) is 0 Å². The lowest BCUT2D eigenvalue weighted by molar-refractivity contribution is -0.122. The zero-order chi connectivity index (χ0) is 18.8. The van der Waals surface area contributed by atoms with Crippen molar-refractivity contribution in [3.63, 3.8) is 0 Å². The molecule has 0 aromatic heterocycles. The number of halogens is 1. The molecule has 1 aliphatic heterocycles. The van der Waals surface area contributed by atoms with E-state index >= 15 is 0 Å². The van der Waals surface area contributed by atoms with Gasteiger partial charge in [0.25, 0.3) is 5.91 Å². The third kappa shape index (κ3) is 3.67. The predicted octanol–water partition coefficient (Wildman–Crippen LogP) is 4.96. The topological polar surface area (TPSA) is 43.8 Å². The highest BCUT2D eigenvalue weighted by molar-refractivity contribution is 9.10. The zero-order valence-corrected chi connectivity index (χ0v) is 16.2. The Bertz CT molecular complexity index is 944. The summed E-state index contributed by atoms with van der Waals surface area (Å²) in [6.07, 6.45) is -0.483. The maximum Gasteiger partial charge on any atom is 0.255 e. The first-order chi connectivity index (χ1) is 13.1. The van der Waals surface area contributed by atoms with Crippen molar-refractivity contribution in [3.8, 4) is 11.1 Å². The molecule has 1 aliphatic rings. The van der Waals surface area contributed by atoms with Crippen LogP contribution in [0.25, 0.3) is 11.1 Å². The van der Waals surface area contributed by atoms with E-state index in [4.69, 9.17) is 0 Å². The average Bonchev–Trinajstić information content (AvgIpc) is 3.10. The Morgan fingerprint density at radius 2 is 1.59 bits per heavy atom. The van der Waals surface area contributed by atoms with E-state index in [0.29, 0.717) is 18.7 Å². The van der Waals surface area contributed by atoms with Crippen LogP contribution in [-0.4, -0.2) is 34.2 Å². The third-order valence-electron chi connectivity index (χ3n) is 4.79. The summed E-state index contributed by atoms with van der Waals surface area (Å²) in [5, 5.41) is 11.5. The van der Waals surface area contributed by atoms with Crippen molar-refractivity contribution in [2.24, 2.45) is 0 Å². The van der Waals surface area contributed by atoms with Gasteiger partial charge in [-0.05, 0) is 41.0 Å². The van der Waals surface area contributed by atoms with Gasteiger partial charge >= 0.3 is 0 Å². The van der Waals surface area contributed by atoms with Crippen molar-refractivity contribution < 1.29 is 10.0 Å². The fraction of sp³-hybridized carbons (Fsp3) is 0.136. The molecular weight excluding hydrogens is 404 g/mol. The molecule has 1 atom stereocenters. The molecule has 1 amide bonds. The molecular formula is C22H19BrN2O2. The number of amides is 1. The van der Waals surface area contributed by atoms with Gasteiger partial charge in [0.15, 0.2) is 0 Å². The minimum Gasteiger partial charge on any atom is -0.315 e. The Hall–Kier alpha value is -2.47. The van der Waals surface area contributed by atoms with Gasteiger partial charge in [-0.25, -0.2) is 0 Å². The summed E-state index contributed by atoms with van der Waals surface area (Å²) >= 11 is 3.46. The maximum atomic E-state index is 13.1. The number of carbonyl (C=O) groups is 1. The molecule has 0 bridgehead atoms. The van der Waals surface area contributed by atoms with E-state index in [2.05, 4.69) is 15.9 Å². The van der Waals surface area contributed by atoms with Gasteiger partial charge in [-0.1, -0.05) is 70.5 Å². The number of hydrogen-bond acceptors (Lipinski definition) is 3. The summed E-state index contributed by atoms with van der Waals surface area (Å²) in [5.74, 6) is -0.0869. The first-order valence-electron chi connectivity index (χ1n) is 8.81. The highest BCUT2D eigenvalue weighted by Gasteiger charge is 2.36. The maximum absolute atomic E-state index is 13.1. The minimum atomic E-state index is -0.483. The Labute approximate surface area is 166 Å². The monoisotopic (exact) mass is 422 g/mol. The van der Waals surface area contributed by atoms with Gasteiger partial charge in [0.1, 0.15) is 6.17 Å². The molecule has 0 saturated carbocycles. The lowest BCUT2D eigenvalue weighted by Gasteiger charge is -2.27. The van der Waals surface area contributed by atoms with Crippen molar-refractivity contribution >= 4 is 21.8 Å². The van der Waals surface area contributed by atoms with E-state index in [9.17, 15) is 10.0 Å². The number of hydrogen-bond donors (Lipinski definition) is 1. The SMILES string of the molecule is O=C(c1ccc(-c2ccccc2)cc1)N1CCN(O)C1c1cccc(Br)c1. The highest BCUT2D eigenvalue weighted by atomic mass is 79.9. The molecule has 3 aromatic rings. The average molecular weight is 423 g/mol. The second kappa shape index (κ2) is 7.64. The van der Waals surface area contributed by atoms with Crippen molar-refractivity contribution in [1.29, 1.82) is 0 Å². The molecule has 0 aliphatic carbocycles. The molecule has 4 nitrogen and oxygen atoms in total. The molecule has 4 rings (SSSR count). The van der Waals surface area contributed by atoms with Gasteiger partial charge in [-0.2, -0.15) is 5.06 Å². The summed E-state index contributed by atoms with van der Waals surface area (Å²) < 4.78 is 0.917. The predicted molar refractivity (Wildman–Crippen MR) is 108 cm³/mol. The highest BCUT2D eigenvalue weighted by Crippen LogP contribution is 2.31. The summed E-state index contributed by atoms with van der Waals surface area (Å²) in [6, 6.07) is 25.4. The molecule has 27 heavy (non-hydrogen) atoms. The minimum absolute atomic E-state index is 0.0869. The number of hydroxylamine groups is 2. The molecule has 0 spiro atoms. The van der Waals surface area contributed by atoms with Crippen LogP contribution in [0.15, 0.2) is 83.3 Å². The van der Waals surface area contributed by atoms with E-state index < -0.39 is 6.17 Å². The second-order valence-electron chi connectivity index (χ2n) is 6.53. The molecule has 1 N–H and O–H groups in total. The van der Waals surface area contributed by atoms with Crippen LogP contribution in [0.5, 0.6) is 0 Å². The first-order valence-corrected chi connectivity index (χ1v) is 9.60. The van der Waals surface area contributed by atoms with Crippen molar-refractivity contribution in [3.05, 3.63) is 94.5 Å². The van der Waals surface area contributed by atoms with Gasteiger partial charge in [0.2, 0.25) is 0 Å². The van der Waals surface area contributed by atoms with Gasteiger partial charge in [-0.3, -0.25) is 4.79 Å². The number of nitrogens with zero attached hydrogens (tertiary/aromatic N) is 2. The van der Waals surface area contributed by atoms with E-state index in [-0.39, 0.29) is 5.91 Å². The quantitative estimate of drug-likeness (QED) is 0.648. The normalized spacial score (nSPS) is 17.3. The Morgan fingerprint density at radius 3 is 2.30 bits per heavy atom. The lowest BCUT2D eigenvalue weighted by Crippen LogP contribution is -2.34. The fourth-order valence-electron chi connectivity index (χ4n) is 3.45. The first kappa shape index (κ1) is 17.9. The fourth-order valence-corrected chi connectivity index (χ4v) is 3.87. The van der Waals surface area contributed by atoms with Crippen LogP contribution in [0.2, 0.25) is 0 Å². The summed E-state index contributed by atoms with van der Waals surface area (Å²) in [4.78, 5) is 14.8. The third-order valence-corrected chi connectivity index (χ3v) is 5.29. The lowest BCUT2D eigenvalue weighted by atomic mass is 10.0. The van der Waals surface area contributed by atoms with E-state index in [1.807, 2.05) is 78.9 Å². The standard InChI is InChI=1S/C22H19BrN2O2/c23-20-8-4-7-19(15-20)21-24(13-14-25(21)27)22(26)18-11-9-17(10-12-18)16-5-2-1-3-6-16/h1-12,15,21,27H,13-14H2.